The first kappa shape index (κ1) is 7.48. The predicted molar refractivity (Wildman–Crippen MR) is 35.2 cm³/mol. The van der Waals surface area contributed by atoms with E-state index >= 15 is 0 Å². The fourth-order valence-electron chi connectivity index (χ4n) is 0.638. The summed E-state index contributed by atoms with van der Waals surface area (Å²) in [5.41, 5.74) is 0.549. The Morgan fingerprint density at radius 1 is 1.73 bits per heavy atom. The van der Waals surface area contributed by atoms with E-state index in [-0.39, 0.29) is 5.75 Å². The third-order valence-corrected chi connectivity index (χ3v) is 1.11. The maximum atomic E-state index is 12.7. The summed E-state index contributed by atoms with van der Waals surface area (Å²) in [6.07, 6.45) is 2.54. The van der Waals surface area contributed by atoms with Crippen LogP contribution in [0, 0.1) is 24.3 Å². The molecule has 0 saturated heterocycles. The number of ether oxygens (including phenoxy) is 1. The third-order valence-electron chi connectivity index (χ3n) is 1.11. The van der Waals surface area contributed by atoms with E-state index in [4.69, 9.17) is 5.26 Å². The van der Waals surface area contributed by atoms with Crippen molar-refractivity contribution in [3.05, 3.63) is 23.8 Å². The molecule has 0 aliphatic rings. The highest BCUT2D eigenvalue weighted by atomic mass is 19.1. The van der Waals surface area contributed by atoms with Crippen LogP contribution in [0.3, 0.4) is 0 Å². The second-order valence-electron chi connectivity index (χ2n) is 1.95. The molecule has 11 heavy (non-hydrogen) atoms. The molecule has 0 bridgehead atoms. The van der Waals surface area contributed by atoms with Crippen molar-refractivity contribution in [1.82, 2.24) is 4.98 Å². The van der Waals surface area contributed by atoms with Gasteiger partial charge < -0.3 is 4.74 Å². The third kappa shape index (κ3) is 1.64. The van der Waals surface area contributed by atoms with Crippen LogP contribution in [0.15, 0.2) is 12.3 Å². The highest BCUT2D eigenvalue weighted by Gasteiger charge is 2.02. The molecule has 1 aromatic rings. The minimum Gasteiger partial charge on any atom is -0.383 e. The number of nitriles is 1. The van der Waals surface area contributed by atoms with Crippen LogP contribution in [-0.2, 0) is 0 Å². The van der Waals surface area contributed by atoms with E-state index in [1.807, 2.05) is 0 Å². The van der Waals surface area contributed by atoms with E-state index in [9.17, 15) is 4.39 Å². The zero-order valence-corrected chi connectivity index (χ0v) is 5.84. The van der Waals surface area contributed by atoms with Gasteiger partial charge in [-0.05, 0) is 13.0 Å². The summed E-state index contributed by atoms with van der Waals surface area (Å²) in [7, 11) is 0. The Balaban J connectivity index is 3.01. The van der Waals surface area contributed by atoms with Crippen LogP contribution in [0.25, 0.3) is 0 Å². The van der Waals surface area contributed by atoms with E-state index < -0.39 is 5.82 Å². The van der Waals surface area contributed by atoms with Gasteiger partial charge in [0, 0.05) is 5.69 Å². The zero-order chi connectivity index (χ0) is 8.27. The number of hydrogen-bond acceptors (Lipinski definition) is 3. The lowest BCUT2D eigenvalue weighted by Gasteiger charge is -1.96. The Kier molecular flexibility index (Phi) is 2.02. The fraction of sp³-hybridized carbons (Fsp3) is 0.143. The van der Waals surface area contributed by atoms with Crippen LogP contribution in [0.2, 0.25) is 0 Å². The molecule has 1 aromatic heterocycles. The van der Waals surface area contributed by atoms with Gasteiger partial charge in [0.25, 0.3) is 6.26 Å². The van der Waals surface area contributed by atoms with Gasteiger partial charge in [0.15, 0.2) is 11.6 Å². The average molecular weight is 152 g/mol. The molecule has 4 heteroatoms. The maximum absolute atomic E-state index is 12.7. The lowest BCUT2D eigenvalue weighted by Crippen LogP contribution is -1.90. The van der Waals surface area contributed by atoms with E-state index in [0.29, 0.717) is 5.69 Å². The number of halogens is 1. The first-order valence-corrected chi connectivity index (χ1v) is 2.92. The Labute approximate surface area is 63.1 Å². The molecular formula is C7H5FN2O. The minimum absolute atomic E-state index is 0.141. The summed E-state index contributed by atoms with van der Waals surface area (Å²) >= 11 is 0. The molecule has 0 radical (unpaired) electrons. The number of nitrogens with zero attached hydrogens (tertiary/aromatic N) is 2. The molecule has 1 heterocycles. The summed E-state index contributed by atoms with van der Waals surface area (Å²) in [6.45, 7) is 1.65. The topological polar surface area (TPSA) is 45.9 Å². The molecule has 3 nitrogen and oxygen atoms in total. The lowest BCUT2D eigenvalue weighted by atomic mass is 10.3. The van der Waals surface area contributed by atoms with Crippen LogP contribution in [0.1, 0.15) is 5.69 Å². The molecule has 0 atom stereocenters. The molecule has 0 aromatic carbocycles. The van der Waals surface area contributed by atoms with Crippen molar-refractivity contribution >= 4 is 0 Å². The van der Waals surface area contributed by atoms with Crippen molar-refractivity contribution in [2.75, 3.05) is 0 Å². The van der Waals surface area contributed by atoms with Gasteiger partial charge >= 0.3 is 0 Å². The Morgan fingerprint density at radius 2 is 2.45 bits per heavy atom. The molecule has 56 valence electrons. The number of rotatable bonds is 1. The van der Waals surface area contributed by atoms with E-state index in [2.05, 4.69) is 9.72 Å². The molecule has 0 N–H and O–H groups in total. The Bertz CT molecular complexity index is 306. The van der Waals surface area contributed by atoms with Crippen LogP contribution >= 0.6 is 0 Å². The van der Waals surface area contributed by atoms with Crippen LogP contribution < -0.4 is 4.74 Å². The van der Waals surface area contributed by atoms with Gasteiger partial charge in [-0.2, -0.15) is 0 Å². The first-order valence-electron chi connectivity index (χ1n) is 2.92. The smallest absolute Gasteiger partial charge is 0.292 e. The molecule has 0 aliphatic carbocycles. The standard InChI is InChI=1S/C7H5FN2O/c1-5-2-6(8)7(3-10-5)11-4-9/h2-3H,1H3. The number of aryl methyl sites for hydroxylation is 1. The quantitative estimate of drug-likeness (QED) is 0.571. The van der Waals surface area contributed by atoms with Crippen molar-refractivity contribution in [3.8, 4) is 12.0 Å². The summed E-state index contributed by atoms with van der Waals surface area (Å²) in [5.74, 6) is -0.711. The van der Waals surface area contributed by atoms with Crippen LogP contribution in [0.5, 0.6) is 5.75 Å². The van der Waals surface area contributed by atoms with Gasteiger partial charge in [0.05, 0.1) is 6.20 Å². The summed E-state index contributed by atoms with van der Waals surface area (Å²) in [4.78, 5) is 3.74. The van der Waals surface area contributed by atoms with Gasteiger partial charge in [-0.15, -0.1) is 5.26 Å². The number of aromatic nitrogens is 1. The average Bonchev–Trinajstić information content (AvgIpc) is 1.95. The minimum atomic E-state index is -0.570. The second-order valence-corrected chi connectivity index (χ2v) is 1.95. The van der Waals surface area contributed by atoms with Gasteiger partial charge in [0.2, 0.25) is 0 Å². The van der Waals surface area contributed by atoms with Gasteiger partial charge in [0.1, 0.15) is 0 Å². The van der Waals surface area contributed by atoms with Crippen molar-refractivity contribution in [1.29, 1.82) is 5.26 Å². The Hall–Kier alpha value is -1.63. The molecule has 0 fully saturated rings. The molecule has 0 unspecified atom stereocenters. The molecule has 0 spiro atoms. The summed E-state index contributed by atoms with van der Waals surface area (Å²) < 4.78 is 17.0. The van der Waals surface area contributed by atoms with E-state index in [1.165, 1.54) is 18.5 Å². The number of hydrogen-bond donors (Lipinski definition) is 0. The van der Waals surface area contributed by atoms with Gasteiger partial charge in [-0.25, -0.2) is 4.39 Å². The van der Waals surface area contributed by atoms with Crippen LogP contribution in [0.4, 0.5) is 4.39 Å². The largest absolute Gasteiger partial charge is 0.383 e. The van der Waals surface area contributed by atoms with Gasteiger partial charge in [-0.1, -0.05) is 0 Å². The predicted octanol–water partition coefficient (Wildman–Crippen LogP) is 1.39. The van der Waals surface area contributed by atoms with Crippen LogP contribution in [-0.4, -0.2) is 4.98 Å². The lowest BCUT2D eigenvalue weighted by molar-refractivity contribution is 0.457. The molecule has 1 rings (SSSR count). The first-order chi connectivity index (χ1) is 5.24. The summed E-state index contributed by atoms with van der Waals surface area (Å²) in [6, 6.07) is 1.20. The highest BCUT2D eigenvalue weighted by molar-refractivity contribution is 5.22. The van der Waals surface area contributed by atoms with Crippen molar-refractivity contribution in [2.24, 2.45) is 0 Å². The Morgan fingerprint density at radius 3 is 3.00 bits per heavy atom. The monoisotopic (exact) mass is 152 g/mol. The van der Waals surface area contributed by atoms with Crippen molar-refractivity contribution in [2.45, 2.75) is 6.92 Å². The molecule has 0 aliphatic heterocycles. The van der Waals surface area contributed by atoms with Crippen molar-refractivity contribution < 1.29 is 9.13 Å². The molecule has 0 amide bonds. The second kappa shape index (κ2) is 2.97. The zero-order valence-electron chi connectivity index (χ0n) is 5.84. The van der Waals surface area contributed by atoms with E-state index in [0.717, 1.165) is 0 Å². The normalized spacial score (nSPS) is 8.82. The molecule has 0 saturated carbocycles. The molecular weight excluding hydrogens is 147 g/mol. The number of pyridine rings is 1. The van der Waals surface area contributed by atoms with E-state index in [1.54, 1.807) is 6.92 Å². The maximum Gasteiger partial charge on any atom is 0.292 e. The van der Waals surface area contributed by atoms with Crippen molar-refractivity contribution in [3.63, 3.8) is 0 Å². The fourth-order valence-corrected chi connectivity index (χ4v) is 0.638. The van der Waals surface area contributed by atoms with Gasteiger partial charge in [-0.3, -0.25) is 4.98 Å². The summed E-state index contributed by atoms with van der Waals surface area (Å²) in [5, 5.41) is 8.05. The highest BCUT2D eigenvalue weighted by Crippen LogP contribution is 2.14. The SMILES string of the molecule is Cc1cc(F)c(OC#N)cn1.